The van der Waals surface area contributed by atoms with Crippen molar-refractivity contribution in [2.45, 2.75) is 25.4 Å². The quantitative estimate of drug-likeness (QED) is 0.714. The lowest BCUT2D eigenvalue weighted by atomic mass is 10.2. The third-order valence-corrected chi connectivity index (χ3v) is 2.63. The SMILES string of the molecule is COCCOc1cccc(CNC2CC2)c1. The zero-order valence-corrected chi connectivity index (χ0v) is 9.74. The molecule has 0 aliphatic heterocycles. The number of hydrogen-bond acceptors (Lipinski definition) is 3. The van der Waals surface area contributed by atoms with Gasteiger partial charge < -0.3 is 14.8 Å². The molecular weight excluding hydrogens is 202 g/mol. The van der Waals surface area contributed by atoms with Crippen LogP contribution in [0.4, 0.5) is 0 Å². The van der Waals surface area contributed by atoms with E-state index >= 15 is 0 Å². The van der Waals surface area contributed by atoms with E-state index in [9.17, 15) is 0 Å². The number of methoxy groups -OCH3 is 1. The first-order chi connectivity index (χ1) is 7.88. The number of benzene rings is 1. The number of rotatable bonds is 7. The van der Waals surface area contributed by atoms with Gasteiger partial charge in [0.1, 0.15) is 12.4 Å². The smallest absolute Gasteiger partial charge is 0.119 e. The number of nitrogens with one attached hydrogen (secondary N) is 1. The van der Waals surface area contributed by atoms with E-state index in [-0.39, 0.29) is 0 Å². The second kappa shape index (κ2) is 5.87. The van der Waals surface area contributed by atoms with Crippen LogP contribution < -0.4 is 10.1 Å². The van der Waals surface area contributed by atoms with Crippen LogP contribution in [-0.2, 0) is 11.3 Å². The highest BCUT2D eigenvalue weighted by atomic mass is 16.5. The third kappa shape index (κ3) is 3.83. The monoisotopic (exact) mass is 221 g/mol. The van der Waals surface area contributed by atoms with Crippen LogP contribution in [0, 0.1) is 0 Å². The molecule has 3 nitrogen and oxygen atoms in total. The summed E-state index contributed by atoms with van der Waals surface area (Å²) in [5.74, 6) is 0.923. The minimum atomic E-state index is 0.607. The first kappa shape index (κ1) is 11.4. The zero-order valence-electron chi connectivity index (χ0n) is 9.74. The lowest BCUT2D eigenvalue weighted by molar-refractivity contribution is 0.146. The standard InChI is InChI=1S/C13H19NO2/c1-15-7-8-16-13-4-2-3-11(9-13)10-14-12-5-6-12/h2-4,9,12,14H,5-8,10H2,1H3. The van der Waals surface area contributed by atoms with E-state index in [0.29, 0.717) is 13.2 Å². The summed E-state index contributed by atoms with van der Waals surface area (Å²) in [4.78, 5) is 0. The van der Waals surface area contributed by atoms with Gasteiger partial charge in [0.15, 0.2) is 0 Å². The fraction of sp³-hybridized carbons (Fsp3) is 0.538. The summed E-state index contributed by atoms with van der Waals surface area (Å²) in [5.41, 5.74) is 1.28. The summed E-state index contributed by atoms with van der Waals surface area (Å²) in [5, 5.41) is 3.49. The summed E-state index contributed by atoms with van der Waals surface area (Å²) in [6.45, 7) is 2.17. The van der Waals surface area contributed by atoms with E-state index in [0.717, 1.165) is 18.3 Å². The van der Waals surface area contributed by atoms with Gasteiger partial charge in [0.25, 0.3) is 0 Å². The Morgan fingerprint density at radius 2 is 2.19 bits per heavy atom. The maximum absolute atomic E-state index is 5.56. The molecule has 88 valence electrons. The average Bonchev–Trinajstić information content (AvgIpc) is 3.11. The minimum absolute atomic E-state index is 0.607. The molecule has 1 aliphatic rings. The molecule has 0 bridgehead atoms. The van der Waals surface area contributed by atoms with Gasteiger partial charge in [0.05, 0.1) is 6.61 Å². The molecule has 16 heavy (non-hydrogen) atoms. The van der Waals surface area contributed by atoms with Crippen LogP contribution in [0.25, 0.3) is 0 Å². The molecule has 0 radical (unpaired) electrons. The fourth-order valence-corrected chi connectivity index (χ4v) is 1.54. The summed E-state index contributed by atoms with van der Waals surface area (Å²) in [6.07, 6.45) is 2.65. The number of ether oxygens (including phenoxy) is 2. The Kier molecular flexibility index (Phi) is 4.19. The fourth-order valence-electron chi connectivity index (χ4n) is 1.54. The highest BCUT2D eigenvalue weighted by molar-refractivity contribution is 5.28. The Bertz CT molecular complexity index is 323. The van der Waals surface area contributed by atoms with Gasteiger partial charge in [-0.3, -0.25) is 0 Å². The largest absolute Gasteiger partial charge is 0.491 e. The lowest BCUT2D eigenvalue weighted by Gasteiger charge is -2.08. The second-order valence-electron chi connectivity index (χ2n) is 4.14. The van der Waals surface area contributed by atoms with Crippen molar-refractivity contribution in [3.8, 4) is 5.75 Å². The molecule has 1 aromatic carbocycles. The van der Waals surface area contributed by atoms with E-state index in [4.69, 9.17) is 9.47 Å². The molecule has 1 saturated carbocycles. The predicted octanol–water partition coefficient (Wildman–Crippen LogP) is 1.96. The molecule has 0 aromatic heterocycles. The maximum atomic E-state index is 5.56. The van der Waals surface area contributed by atoms with E-state index in [1.807, 2.05) is 12.1 Å². The summed E-state index contributed by atoms with van der Waals surface area (Å²) in [7, 11) is 1.68. The molecule has 0 unspecified atom stereocenters. The van der Waals surface area contributed by atoms with Gasteiger partial charge in [-0.05, 0) is 30.5 Å². The van der Waals surface area contributed by atoms with Gasteiger partial charge in [-0.25, -0.2) is 0 Å². The summed E-state index contributed by atoms with van der Waals surface area (Å²) >= 11 is 0. The molecule has 2 rings (SSSR count). The summed E-state index contributed by atoms with van der Waals surface area (Å²) in [6, 6.07) is 8.98. The van der Waals surface area contributed by atoms with Crippen LogP contribution in [-0.4, -0.2) is 26.4 Å². The van der Waals surface area contributed by atoms with Gasteiger partial charge in [0.2, 0.25) is 0 Å². The third-order valence-electron chi connectivity index (χ3n) is 2.63. The Hall–Kier alpha value is -1.06. The van der Waals surface area contributed by atoms with Gasteiger partial charge in [0, 0.05) is 19.7 Å². The van der Waals surface area contributed by atoms with Crippen molar-refractivity contribution >= 4 is 0 Å². The Morgan fingerprint density at radius 3 is 2.94 bits per heavy atom. The molecule has 0 spiro atoms. The predicted molar refractivity (Wildman–Crippen MR) is 63.7 cm³/mol. The van der Waals surface area contributed by atoms with E-state index in [1.54, 1.807) is 7.11 Å². The van der Waals surface area contributed by atoms with Crippen molar-refractivity contribution in [2.24, 2.45) is 0 Å². The van der Waals surface area contributed by atoms with Gasteiger partial charge >= 0.3 is 0 Å². The molecule has 0 atom stereocenters. The Morgan fingerprint density at radius 1 is 1.31 bits per heavy atom. The van der Waals surface area contributed by atoms with E-state index in [2.05, 4.69) is 17.4 Å². The second-order valence-corrected chi connectivity index (χ2v) is 4.14. The Balaban J connectivity index is 1.80. The lowest BCUT2D eigenvalue weighted by Crippen LogP contribution is -2.15. The van der Waals surface area contributed by atoms with E-state index < -0.39 is 0 Å². The molecule has 0 saturated heterocycles. The maximum Gasteiger partial charge on any atom is 0.119 e. The van der Waals surface area contributed by atoms with Crippen molar-refractivity contribution in [1.29, 1.82) is 0 Å². The van der Waals surface area contributed by atoms with Gasteiger partial charge in [-0.2, -0.15) is 0 Å². The number of hydrogen-bond donors (Lipinski definition) is 1. The molecule has 3 heteroatoms. The zero-order chi connectivity index (χ0) is 11.2. The molecule has 1 N–H and O–H groups in total. The van der Waals surface area contributed by atoms with Crippen LogP contribution >= 0.6 is 0 Å². The van der Waals surface area contributed by atoms with Crippen LogP contribution in [0.2, 0.25) is 0 Å². The Labute approximate surface area is 96.8 Å². The normalized spacial score (nSPS) is 15.1. The first-order valence-electron chi connectivity index (χ1n) is 5.82. The highest BCUT2D eigenvalue weighted by Gasteiger charge is 2.19. The molecule has 1 aromatic rings. The first-order valence-corrected chi connectivity index (χ1v) is 5.82. The minimum Gasteiger partial charge on any atom is -0.491 e. The highest BCUT2D eigenvalue weighted by Crippen LogP contribution is 2.20. The molecule has 0 heterocycles. The van der Waals surface area contributed by atoms with Crippen molar-refractivity contribution in [3.63, 3.8) is 0 Å². The molecular formula is C13H19NO2. The van der Waals surface area contributed by atoms with Gasteiger partial charge in [-0.15, -0.1) is 0 Å². The summed E-state index contributed by atoms with van der Waals surface area (Å²) < 4.78 is 10.5. The van der Waals surface area contributed by atoms with Crippen LogP contribution in [0.3, 0.4) is 0 Å². The van der Waals surface area contributed by atoms with Crippen molar-refractivity contribution in [2.75, 3.05) is 20.3 Å². The van der Waals surface area contributed by atoms with E-state index in [1.165, 1.54) is 18.4 Å². The topological polar surface area (TPSA) is 30.5 Å². The molecule has 1 fully saturated rings. The van der Waals surface area contributed by atoms with Crippen LogP contribution in [0.5, 0.6) is 5.75 Å². The molecule has 0 amide bonds. The van der Waals surface area contributed by atoms with Crippen LogP contribution in [0.1, 0.15) is 18.4 Å². The van der Waals surface area contributed by atoms with Crippen molar-refractivity contribution in [3.05, 3.63) is 29.8 Å². The van der Waals surface area contributed by atoms with Crippen molar-refractivity contribution < 1.29 is 9.47 Å². The van der Waals surface area contributed by atoms with Gasteiger partial charge in [-0.1, -0.05) is 12.1 Å². The van der Waals surface area contributed by atoms with Crippen molar-refractivity contribution in [1.82, 2.24) is 5.32 Å². The molecule has 1 aliphatic carbocycles. The average molecular weight is 221 g/mol. The van der Waals surface area contributed by atoms with Crippen LogP contribution in [0.15, 0.2) is 24.3 Å².